The van der Waals surface area contributed by atoms with Gasteiger partial charge in [-0.25, -0.2) is 4.79 Å². The Morgan fingerprint density at radius 1 is 1.41 bits per heavy atom. The maximum atomic E-state index is 11.5. The molecule has 4 nitrogen and oxygen atoms in total. The van der Waals surface area contributed by atoms with Gasteiger partial charge in [-0.3, -0.25) is 0 Å². The van der Waals surface area contributed by atoms with E-state index in [2.05, 4.69) is 15.9 Å². The number of rotatable bonds is 4. The fourth-order valence-electron chi connectivity index (χ4n) is 1.80. The Morgan fingerprint density at radius 3 is 2.71 bits per heavy atom. The van der Waals surface area contributed by atoms with Crippen molar-refractivity contribution >= 4 is 22.0 Å². The molecule has 1 saturated heterocycles. The Balaban J connectivity index is 1.86. The van der Waals surface area contributed by atoms with Crippen LogP contribution in [0, 0.1) is 0 Å². The zero-order valence-corrected chi connectivity index (χ0v) is 11.0. The predicted octanol–water partition coefficient (Wildman–Crippen LogP) is 1.77. The second-order valence-corrected chi connectivity index (χ2v) is 4.98. The molecular formula is C12H15BrN2O2. The molecule has 17 heavy (non-hydrogen) atoms. The van der Waals surface area contributed by atoms with E-state index < -0.39 is 0 Å². The molecule has 1 unspecified atom stereocenters. The lowest BCUT2D eigenvalue weighted by Gasteiger charge is -2.12. The standard InChI is InChI=1S/C12H15BrN2O2/c13-10-3-1-9(2-4-10)5-6-15-8-11(7-14)17-12(15)16/h1-4,11H,5-8,14H2. The highest BCUT2D eigenvalue weighted by atomic mass is 79.9. The molecule has 92 valence electrons. The summed E-state index contributed by atoms with van der Waals surface area (Å²) in [6.45, 7) is 1.67. The van der Waals surface area contributed by atoms with Gasteiger partial charge in [-0.2, -0.15) is 0 Å². The van der Waals surface area contributed by atoms with Crippen LogP contribution in [0.1, 0.15) is 5.56 Å². The number of hydrogen-bond acceptors (Lipinski definition) is 3. The first-order chi connectivity index (χ1) is 8.19. The lowest BCUT2D eigenvalue weighted by molar-refractivity contribution is 0.135. The van der Waals surface area contributed by atoms with Crippen LogP contribution in [-0.4, -0.2) is 36.7 Å². The van der Waals surface area contributed by atoms with Gasteiger partial charge in [0.1, 0.15) is 6.10 Å². The summed E-state index contributed by atoms with van der Waals surface area (Å²) < 4.78 is 6.15. The average molecular weight is 299 g/mol. The van der Waals surface area contributed by atoms with Gasteiger partial charge in [0.2, 0.25) is 0 Å². The maximum absolute atomic E-state index is 11.5. The van der Waals surface area contributed by atoms with Gasteiger partial charge in [-0.1, -0.05) is 28.1 Å². The van der Waals surface area contributed by atoms with E-state index >= 15 is 0 Å². The molecule has 2 rings (SSSR count). The van der Waals surface area contributed by atoms with E-state index in [4.69, 9.17) is 10.5 Å². The van der Waals surface area contributed by atoms with E-state index in [-0.39, 0.29) is 12.2 Å². The summed E-state index contributed by atoms with van der Waals surface area (Å²) in [5.41, 5.74) is 6.68. The predicted molar refractivity (Wildman–Crippen MR) is 68.7 cm³/mol. The fourth-order valence-corrected chi connectivity index (χ4v) is 2.06. The number of benzene rings is 1. The summed E-state index contributed by atoms with van der Waals surface area (Å²) >= 11 is 3.39. The minimum absolute atomic E-state index is 0.146. The van der Waals surface area contributed by atoms with E-state index in [0.29, 0.717) is 19.6 Å². The first-order valence-electron chi connectivity index (χ1n) is 5.59. The fraction of sp³-hybridized carbons (Fsp3) is 0.417. The van der Waals surface area contributed by atoms with Crippen LogP contribution in [0.25, 0.3) is 0 Å². The van der Waals surface area contributed by atoms with Gasteiger partial charge in [-0.05, 0) is 24.1 Å². The number of amides is 1. The minimum Gasteiger partial charge on any atom is -0.443 e. The van der Waals surface area contributed by atoms with Gasteiger partial charge in [0, 0.05) is 17.6 Å². The Labute approximate surface area is 109 Å². The molecule has 0 bridgehead atoms. The summed E-state index contributed by atoms with van der Waals surface area (Å²) in [6, 6.07) is 8.10. The zero-order chi connectivity index (χ0) is 12.3. The molecule has 0 radical (unpaired) electrons. The Hall–Kier alpha value is -1.07. The molecule has 1 aromatic carbocycles. The third-order valence-corrected chi connectivity index (χ3v) is 3.32. The SMILES string of the molecule is NCC1CN(CCc2ccc(Br)cc2)C(=O)O1. The van der Waals surface area contributed by atoms with Crippen LogP contribution >= 0.6 is 15.9 Å². The molecule has 0 saturated carbocycles. The van der Waals surface area contributed by atoms with Gasteiger partial charge in [-0.15, -0.1) is 0 Å². The Morgan fingerprint density at radius 2 is 2.12 bits per heavy atom. The normalized spacial score (nSPS) is 19.5. The molecule has 1 aliphatic heterocycles. The molecule has 1 aromatic rings. The van der Waals surface area contributed by atoms with Gasteiger partial charge < -0.3 is 15.4 Å². The summed E-state index contributed by atoms with van der Waals surface area (Å²) in [4.78, 5) is 13.2. The van der Waals surface area contributed by atoms with Crippen molar-refractivity contribution in [3.05, 3.63) is 34.3 Å². The van der Waals surface area contributed by atoms with Crippen molar-refractivity contribution in [2.75, 3.05) is 19.6 Å². The molecule has 5 heteroatoms. The lowest BCUT2D eigenvalue weighted by atomic mass is 10.1. The largest absolute Gasteiger partial charge is 0.443 e. The third kappa shape index (κ3) is 3.20. The molecule has 1 amide bonds. The third-order valence-electron chi connectivity index (χ3n) is 2.80. The van der Waals surface area contributed by atoms with Crippen molar-refractivity contribution in [2.24, 2.45) is 5.73 Å². The van der Waals surface area contributed by atoms with E-state index in [0.717, 1.165) is 10.9 Å². The maximum Gasteiger partial charge on any atom is 0.410 e. The van der Waals surface area contributed by atoms with Gasteiger partial charge in [0.05, 0.1) is 6.54 Å². The molecule has 0 aromatic heterocycles. The summed E-state index contributed by atoms with van der Waals surface area (Å²) in [7, 11) is 0. The van der Waals surface area contributed by atoms with Gasteiger partial charge >= 0.3 is 6.09 Å². The number of ether oxygens (including phenoxy) is 1. The Bertz CT molecular complexity index is 394. The van der Waals surface area contributed by atoms with E-state index in [1.54, 1.807) is 4.90 Å². The van der Waals surface area contributed by atoms with Gasteiger partial charge in [0.25, 0.3) is 0 Å². The molecule has 1 atom stereocenters. The lowest BCUT2D eigenvalue weighted by Crippen LogP contribution is -2.29. The monoisotopic (exact) mass is 298 g/mol. The second kappa shape index (κ2) is 5.51. The molecule has 2 N–H and O–H groups in total. The highest BCUT2D eigenvalue weighted by Crippen LogP contribution is 2.14. The zero-order valence-electron chi connectivity index (χ0n) is 9.43. The number of nitrogens with zero attached hydrogens (tertiary/aromatic N) is 1. The van der Waals surface area contributed by atoms with Crippen molar-refractivity contribution in [2.45, 2.75) is 12.5 Å². The number of halogens is 1. The molecule has 0 aliphatic carbocycles. The van der Waals surface area contributed by atoms with Crippen LogP contribution in [0.2, 0.25) is 0 Å². The van der Waals surface area contributed by atoms with Crippen LogP contribution in [0.3, 0.4) is 0 Å². The van der Waals surface area contributed by atoms with Crippen molar-refractivity contribution < 1.29 is 9.53 Å². The number of carbonyl (C=O) groups excluding carboxylic acids is 1. The van der Waals surface area contributed by atoms with Crippen LogP contribution in [0.5, 0.6) is 0 Å². The minimum atomic E-state index is -0.252. The van der Waals surface area contributed by atoms with Crippen LogP contribution in [-0.2, 0) is 11.2 Å². The van der Waals surface area contributed by atoms with Crippen molar-refractivity contribution in [1.29, 1.82) is 0 Å². The first-order valence-corrected chi connectivity index (χ1v) is 6.38. The van der Waals surface area contributed by atoms with Gasteiger partial charge in [0.15, 0.2) is 0 Å². The number of nitrogens with two attached hydrogens (primary N) is 1. The van der Waals surface area contributed by atoms with Crippen LogP contribution in [0.4, 0.5) is 4.79 Å². The molecule has 1 aliphatic rings. The van der Waals surface area contributed by atoms with E-state index in [1.807, 2.05) is 24.3 Å². The van der Waals surface area contributed by atoms with E-state index in [9.17, 15) is 4.79 Å². The van der Waals surface area contributed by atoms with Crippen LogP contribution < -0.4 is 5.73 Å². The highest BCUT2D eigenvalue weighted by Gasteiger charge is 2.29. The summed E-state index contributed by atoms with van der Waals surface area (Å²) in [5, 5.41) is 0. The molecule has 1 heterocycles. The van der Waals surface area contributed by atoms with Crippen molar-refractivity contribution in [1.82, 2.24) is 4.90 Å². The second-order valence-electron chi connectivity index (χ2n) is 4.06. The molecule has 0 spiro atoms. The molecular weight excluding hydrogens is 284 g/mol. The highest BCUT2D eigenvalue weighted by molar-refractivity contribution is 9.10. The number of cyclic esters (lactones) is 1. The summed E-state index contributed by atoms with van der Waals surface area (Å²) in [6.07, 6.45) is 0.435. The quantitative estimate of drug-likeness (QED) is 0.922. The summed E-state index contributed by atoms with van der Waals surface area (Å²) in [5.74, 6) is 0. The first kappa shape index (κ1) is 12.4. The van der Waals surface area contributed by atoms with Crippen molar-refractivity contribution in [3.8, 4) is 0 Å². The van der Waals surface area contributed by atoms with Crippen LogP contribution in [0.15, 0.2) is 28.7 Å². The van der Waals surface area contributed by atoms with E-state index in [1.165, 1.54) is 5.56 Å². The molecule has 1 fully saturated rings. The number of carbonyl (C=O) groups is 1. The topological polar surface area (TPSA) is 55.6 Å². The number of hydrogen-bond donors (Lipinski definition) is 1. The Kier molecular flexibility index (Phi) is 4.02. The average Bonchev–Trinajstić information content (AvgIpc) is 2.69. The smallest absolute Gasteiger partial charge is 0.410 e. The van der Waals surface area contributed by atoms with Crippen molar-refractivity contribution in [3.63, 3.8) is 0 Å².